The Morgan fingerprint density at radius 3 is 1.32 bits per heavy atom. The molecule has 0 spiro atoms. The summed E-state index contributed by atoms with van der Waals surface area (Å²) >= 11 is 0. The van der Waals surface area contributed by atoms with Gasteiger partial charge in [-0.25, -0.2) is 4.79 Å². The molecule has 1 N–H and O–H groups in total. The lowest BCUT2D eigenvalue weighted by Crippen LogP contribution is -2.50. The number of likely N-dealkylation sites (N-methyl/N-ethyl adjacent to an activating group) is 1. The molecule has 8 nitrogen and oxygen atoms in total. The first-order chi connectivity index (χ1) is 28.6. The summed E-state index contributed by atoms with van der Waals surface area (Å²) in [5.41, 5.74) is 0. The van der Waals surface area contributed by atoms with Crippen molar-refractivity contribution in [1.29, 1.82) is 0 Å². The second-order valence-corrected chi connectivity index (χ2v) is 17.7. The van der Waals surface area contributed by atoms with Crippen molar-refractivity contribution < 1.29 is 38.2 Å². The van der Waals surface area contributed by atoms with E-state index in [1.807, 2.05) is 21.1 Å². The van der Waals surface area contributed by atoms with Gasteiger partial charge in [0.15, 0.2) is 12.1 Å². The lowest BCUT2D eigenvalue weighted by molar-refractivity contribution is -0.887. The normalized spacial score (nSPS) is 13.2. The van der Waals surface area contributed by atoms with Crippen molar-refractivity contribution in [2.24, 2.45) is 0 Å². The van der Waals surface area contributed by atoms with Crippen molar-refractivity contribution in [3.8, 4) is 0 Å². The largest absolute Gasteiger partial charge is 0.477 e. The zero-order valence-electron chi connectivity index (χ0n) is 39.2. The summed E-state index contributed by atoms with van der Waals surface area (Å²) in [6.45, 7) is 4.72. The maximum Gasteiger partial charge on any atom is 0.362 e. The van der Waals surface area contributed by atoms with E-state index < -0.39 is 18.1 Å². The number of rotatable bonds is 44. The van der Waals surface area contributed by atoms with E-state index in [0.717, 1.165) is 38.5 Å². The number of carboxylic acid groups (broad SMARTS) is 1. The summed E-state index contributed by atoms with van der Waals surface area (Å²) in [6.07, 6.45) is 48.9. The maximum atomic E-state index is 12.8. The average Bonchev–Trinajstić information content (AvgIpc) is 3.19. The van der Waals surface area contributed by atoms with Crippen molar-refractivity contribution in [3.63, 3.8) is 0 Å². The molecule has 2 atom stereocenters. The molecule has 0 heterocycles. The van der Waals surface area contributed by atoms with Crippen molar-refractivity contribution in [1.82, 2.24) is 0 Å². The van der Waals surface area contributed by atoms with E-state index in [1.54, 1.807) is 0 Å². The van der Waals surface area contributed by atoms with Crippen LogP contribution in [0, 0.1) is 0 Å². The highest BCUT2D eigenvalue weighted by Gasteiger charge is 2.31. The summed E-state index contributed by atoms with van der Waals surface area (Å²) in [5.74, 6) is -1.47. The van der Waals surface area contributed by atoms with Gasteiger partial charge in [0.2, 0.25) is 0 Å². The van der Waals surface area contributed by atoms with Crippen molar-refractivity contribution >= 4 is 17.9 Å². The van der Waals surface area contributed by atoms with Crippen LogP contribution in [0.1, 0.15) is 219 Å². The third-order valence-electron chi connectivity index (χ3n) is 11.0. The van der Waals surface area contributed by atoms with Gasteiger partial charge in [-0.1, -0.05) is 172 Å². The van der Waals surface area contributed by atoms with E-state index in [4.69, 9.17) is 14.2 Å². The van der Waals surface area contributed by atoms with Crippen LogP contribution in [0.15, 0.2) is 36.5 Å². The van der Waals surface area contributed by atoms with Crippen LogP contribution in [0.5, 0.6) is 0 Å². The molecule has 0 amide bonds. The second-order valence-electron chi connectivity index (χ2n) is 17.7. The minimum Gasteiger partial charge on any atom is -0.477 e. The summed E-state index contributed by atoms with van der Waals surface area (Å²) in [5, 5.41) is 9.64. The number of hydrogen-bond donors (Lipinski definition) is 1. The summed E-state index contributed by atoms with van der Waals surface area (Å²) < 4.78 is 17.3. The third kappa shape index (κ3) is 40.7. The van der Waals surface area contributed by atoms with Crippen LogP contribution < -0.4 is 0 Å². The van der Waals surface area contributed by atoms with Gasteiger partial charge in [0.05, 0.1) is 34.4 Å². The molecule has 0 aromatic heterocycles. The van der Waals surface area contributed by atoms with Gasteiger partial charge in [0.25, 0.3) is 0 Å². The van der Waals surface area contributed by atoms with Crippen molar-refractivity contribution in [3.05, 3.63) is 36.5 Å². The molecule has 344 valence electrons. The standard InChI is InChI=1S/C51H93NO7/c1-6-8-10-12-14-16-18-20-22-23-24-25-26-28-30-32-34-36-38-40-42-50(54)59-47(45-57-44-43-48(51(55)56)52(3,4)5)46-58-49(53)41-39-37-35-33-31-29-27-21-19-17-15-13-11-9-7-2/h16-20,22,47-48H,6-15,21,23-46H2,1-5H3/p+1/b18-16+,19-17+,22-20+. The van der Waals surface area contributed by atoms with Gasteiger partial charge in [-0.2, -0.15) is 0 Å². The number of quaternary nitrogens is 1. The van der Waals surface area contributed by atoms with Gasteiger partial charge in [-0.15, -0.1) is 0 Å². The fourth-order valence-corrected chi connectivity index (χ4v) is 7.20. The zero-order chi connectivity index (χ0) is 43.5. The molecular formula is C51H94NO7+. The minimum atomic E-state index is -0.875. The number of carbonyl (C=O) groups excluding carboxylic acids is 2. The molecular weight excluding hydrogens is 739 g/mol. The number of aliphatic carboxylic acids is 1. The van der Waals surface area contributed by atoms with Gasteiger partial charge >= 0.3 is 17.9 Å². The molecule has 0 rings (SSSR count). The number of carbonyl (C=O) groups is 3. The number of carboxylic acids is 1. The van der Waals surface area contributed by atoms with Gasteiger partial charge in [-0.05, 0) is 64.2 Å². The molecule has 0 saturated carbocycles. The molecule has 0 aliphatic heterocycles. The van der Waals surface area contributed by atoms with Gasteiger partial charge in [0.1, 0.15) is 6.61 Å². The van der Waals surface area contributed by atoms with E-state index in [1.165, 1.54) is 148 Å². The Bertz CT molecular complexity index is 1060. The molecule has 0 bridgehead atoms. The smallest absolute Gasteiger partial charge is 0.362 e. The quantitative estimate of drug-likeness (QED) is 0.0215. The SMILES string of the molecule is CCCCCC/C=C/C=C/CCCCCCCCCCCCC(=O)OC(COCCC(C(=O)O)[N+](C)(C)C)COC(=O)CCCCCCCCC/C=C/CCCCCC. The number of nitrogens with zero attached hydrogens (tertiary/aromatic N) is 1. The highest BCUT2D eigenvalue weighted by Crippen LogP contribution is 2.15. The highest BCUT2D eigenvalue weighted by molar-refractivity contribution is 5.72. The first-order valence-corrected chi connectivity index (χ1v) is 24.5. The molecule has 8 heteroatoms. The lowest BCUT2D eigenvalue weighted by Gasteiger charge is -2.31. The van der Waals surface area contributed by atoms with Gasteiger partial charge < -0.3 is 23.8 Å². The maximum absolute atomic E-state index is 12.8. The first-order valence-electron chi connectivity index (χ1n) is 24.5. The number of unbranched alkanes of at least 4 members (excludes halogenated alkanes) is 25. The fraction of sp³-hybridized carbons (Fsp3) is 0.824. The Labute approximate surface area is 364 Å². The Morgan fingerprint density at radius 2 is 0.898 bits per heavy atom. The lowest BCUT2D eigenvalue weighted by atomic mass is 10.1. The second kappa shape index (κ2) is 42.2. The Balaban J connectivity index is 4.27. The summed E-state index contributed by atoms with van der Waals surface area (Å²) in [7, 11) is 5.53. The molecule has 0 aliphatic rings. The number of allylic oxidation sites excluding steroid dienone is 6. The third-order valence-corrected chi connectivity index (χ3v) is 11.0. The molecule has 0 aliphatic carbocycles. The molecule has 0 radical (unpaired) electrons. The van der Waals surface area contributed by atoms with E-state index >= 15 is 0 Å². The molecule has 0 aromatic rings. The average molecular weight is 833 g/mol. The predicted molar refractivity (Wildman–Crippen MR) is 248 cm³/mol. The monoisotopic (exact) mass is 833 g/mol. The van der Waals surface area contributed by atoms with Crippen molar-refractivity contribution in [2.75, 3.05) is 41.0 Å². The molecule has 0 saturated heterocycles. The van der Waals surface area contributed by atoms with E-state index in [9.17, 15) is 19.5 Å². The van der Waals surface area contributed by atoms with E-state index in [-0.39, 0.29) is 36.2 Å². The van der Waals surface area contributed by atoms with Crippen LogP contribution in [-0.2, 0) is 28.6 Å². The van der Waals surface area contributed by atoms with Crippen LogP contribution in [0.25, 0.3) is 0 Å². The fourth-order valence-electron chi connectivity index (χ4n) is 7.20. The topological polar surface area (TPSA) is 99.1 Å². The van der Waals surface area contributed by atoms with Crippen LogP contribution in [0.2, 0.25) is 0 Å². The summed E-state index contributed by atoms with van der Waals surface area (Å²) in [4.78, 5) is 37.1. The number of esters is 2. The first kappa shape index (κ1) is 56.5. The Hall–Kier alpha value is -2.45. The predicted octanol–water partition coefficient (Wildman–Crippen LogP) is 13.8. The molecule has 0 fully saturated rings. The Kier molecular flexibility index (Phi) is 40.5. The van der Waals surface area contributed by atoms with E-state index in [0.29, 0.717) is 19.3 Å². The molecule has 59 heavy (non-hydrogen) atoms. The molecule has 2 unspecified atom stereocenters. The molecule has 0 aromatic carbocycles. The van der Waals surface area contributed by atoms with Crippen LogP contribution >= 0.6 is 0 Å². The van der Waals surface area contributed by atoms with Gasteiger partial charge in [-0.3, -0.25) is 9.59 Å². The number of ether oxygens (including phenoxy) is 3. The van der Waals surface area contributed by atoms with Crippen LogP contribution in [-0.4, -0.2) is 80.6 Å². The Morgan fingerprint density at radius 1 is 0.508 bits per heavy atom. The van der Waals surface area contributed by atoms with Gasteiger partial charge in [0, 0.05) is 19.3 Å². The van der Waals surface area contributed by atoms with Crippen LogP contribution in [0.4, 0.5) is 0 Å². The van der Waals surface area contributed by atoms with Crippen molar-refractivity contribution in [2.45, 2.75) is 231 Å². The minimum absolute atomic E-state index is 0.0528. The number of hydrogen-bond acceptors (Lipinski definition) is 6. The van der Waals surface area contributed by atoms with E-state index in [2.05, 4.69) is 50.3 Å². The van der Waals surface area contributed by atoms with Crippen LogP contribution in [0.3, 0.4) is 0 Å². The highest BCUT2D eigenvalue weighted by atomic mass is 16.6. The summed E-state index contributed by atoms with van der Waals surface area (Å²) in [6, 6.07) is -0.615. The zero-order valence-corrected chi connectivity index (χ0v) is 39.2.